The molecule has 0 radical (unpaired) electrons. The molecule has 26 heavy (non-hydrogen) atoms. The second-order valence-corrected chi connectivity index (χ2v) is 6.26. The maximum Gasteiger partial charge on any atom is 0.387 e. The van der Waals surface area contributed by atoms with E-state index in [4.69, 9.17) is 9.47 Å². The number of hydrogen-bond acceptors (Lipinski definition) is 5. The fourth-order valence-electron chi connectivity index (χ4n) is 2.98. The van der Waals surface area contributed by atoms with Gasteiger partial charge in [0.1, 0.15) is 0 Å². The predicted molar refractivity (Wildman–Crippen MR) is 89.5 cm³/mol. The minimum atomic E-state index is -3.01. The first-order chi connectivity index (χ1) is 12.4. The van der Waals surface area contributed by atoms with Crippen LogP contribution in [0.15, 0.2) is 18.2 Å². The molecule has 0 heterocycles. The van der Waals surface area contributed by atoms with E-state index >= 15 is 0 Å². The van der Waals surface area contributed by atoms with E-state index < -0.39 is 19.2 Å². The molecular formula is C18H23F2NO5. The van der Waals surface area contributed by atoms with Gasteiger partial charge in [-0.15, -0.1) is 0 Å². The van der Waals surface area contributed by atoms with Gasteiger partial charge in [-0.1, -0.05) is 19.8 Å². The summed E-state index contributed by atoms with van der Waals surface area (Å²) in [7, 11) is 1.27. The molecule has 1 amide bonds. The average Bonchev–Trinajstić information content (AvgIpc) is 2.61. The van der Waals surface area contributed by atoms with Crippen molar-refractivity contribution in [3.8, 4) is 11.5 Å². The molecule has 2 atom stereocenters. The zero-order chi connectivity index (χ0) is 19.1. The highest BCUT2D eigenvalue weighted by atomic mass is 19.3. The molecule has 1 aromatic rings. The van der Waals surface area contributed by atoms with Crippen LogP contribution in [0.1, 0.15) is 43.0 Å². The van der Waals surface area contributed by atoms with Crippen LogP contribution >= 0.6 is 0 Å². The predicted octanol–water partition coefficient (Wildman–Crippen LogP) is 3.15. The Labute approximate surface area is 150 Å². The number of esters is 1. The quantitative estimate of drug-likeness (QED) is 0.746. The number of methoxy groups -OCH3 is 1. The Hall–Kier alpha value is -2.38. The average molecular weight is 371 g/mol. The monoisotopic (exact) mass is 371 g/mol. The van der Waals surface area contributed by atoms with E-state index in [-0.39, 0.29) is 29.0 Å². The number of hydrogen-bond donors (Lipinski definition) is 1. The summed E-state index contributed by atoms with van der Waals surface area (Å²) in [6, 6.07) is 3.77. The SMILES string of the molecule is COc1cc(C(=O)OCC(=O)N[C@H]2CCCC[C@H]2C)ccc1OC(F)F. The van der Waals surface area contributed by atoms with Gasteiger partial charge in [-0.05, 0) is 37.0 Å². The first kappa shape index (κ1) is 19.9. The van der Waals surface area contributed by atoms with Crippen molar-refractivity contribution in [1.29, 1.82) is 0 Å². The Kier molecular flexibility index (Phi) is 7.17. The maximum absolute atomic E-state index is 12.3. The lowest BCUT2D eigenvalue weighted by Gasteiger charge is -2.29. The summed E-state index contributed by atoms with van der Waals surface area (Å²) in [6.45, 7) is -1.32. The Balaban J connectivity index is 1.89. The summed E-state index contributed by atoms with van der Waals surface area (Å²) in [5.41, 5.74) is 0.0716. The van der Waals surface area contributed by atoms with Gasteiger partial charge in [-0.25, -0.2) is 4.79 Å². The molecule has 2 rings (SSSR count). The second-order valence-electron chi connectivity index (χ2n) is 6.26. The van der Waals surface area contributed by atoms with E-state index in [1.54, 1.807) is 0 Å². The lowest BCUT2D eigenvalue weighted by molar-refractivity contribution is -0.125. The molecule has 0 spiro atoms. The zero-order valence-electron chi connectivity index (χ0n) is 14.8. The Morgan fingerprint density at radius 3 is 2.62 bits per heavy atom. The zero-order valence-corrected chi connectivity index (χ0v) is 14.8. The molecule has 1 N–H and O–H groups in total. The minimum absolute atomic E-state index is 0.0276. The van der Waals surface area contributed by atoms with Gasteiger partial charge in [0.2, 0.25) is 0 Å². The number of nitrogens with one attached hydrogen (secondary N) is 1. The number of alkyl halides is 2. The third-order valence-corrected chi connectivity index (χ3v) is 4.41. The number of benzene rings is 1. The third-order valence-electron chi connectivity index (χ3n) is 4.41. The van der Waals surface area contributed by atoms with Crippen molar-refractivity contribution in [3.05, 3.63) is 23.8 Å². The van der Waals surface area contributed by atoms with Crippen LogP contribution in [-0.4, -0.2) is 38.2 Å². The van der Waals surface area contributed by atoms with Crippen LogP contribution in [0.25, 0.3) is 0 Å². The Bertz CT molecular complexity index is 638. The summed E-state index contributed by atoms with van der Waals surface area (Å²) in [5.74, 6) is -0.932. The van der Waals surface area contributed by atoms with Gasteiger partial charge in [0.15, 0.2) is 18.1 Å². The van der Waals surface area contributed by atoms with Gasteiger partial charge in [-0.3, -0.25) is 4.79 Å². The van der Waals surface area contributed by atoms with Gasteiger partial charge < -0.3 is 19.5 Å². The fraction of sp³-hybridized carbons (Fsp3) is 0.556. The number of halogens is 2. The van der Waals surface area contributed by atoms with Crippen molar-refractivity contribution in [2.75, 3.05) is 13.7 Å². The number of carbonyl (C=O) groups excluding carboxylic acids is 2. The van der Waals surface area contributed by atoms with E-state index in [1.165, 1.54) is 25.3 Å². The van der Waals surface area contributed by atoms with Crippen LogP contribution in [0.2, 0.25) is 0 Å². The van der Waals surface area contributed by atoms with Crippen molar-refractivity contribution in [2.24, 2.45) is 5.92 Å². The summed E-state index contributed by atoms with van der Waals surface area (Å²) >= 11 is 0. The molecule has 1 aliphatic rings. The van der Waals surface area contributed by atoms with Crippen molar-refractivity contribution in [1.82, 2.24) is 5.32 Å². The lowest BCUT2D eigenvalue weighted by Crippen LogP contribution is -2.42. The van der Waals surface area contributed by atoms with Crippen LogP contribution < -0.4 is 14.8 Å². The molecule has 144 valence electrons. The van der Waals surface area contributed by atoms with Crippen LogP contribution in [0.4, 0.5) is 8.78 Å². The molecule has 8 heteroatoms. The molecule has 0 aromatic heterocycles. The van der Waals surface area contributed by atoms with Gasteiger partial charge in [0.25, 0.3) is 5.91 Å². The van der Waals surface area contributed by atoms with E-state index in [9.17, 15) is 18.4 Å². The fourth-order valence-corrected chi connectivity index (χ4v) is 2.98. The van der Waals surface area contributed by atoms with Gasteiger partial charge >= 0.3 is 12.6 Å². The highest BCUT2D eigenvalue weighted by Gasteiger charge is 2.23. The molecular weight excluding hydrogens is 348 g/mol. The van der Waals surface area contributed by atoms with Crippen molar-refractivity contribution in [3.63, 3.8) is 0 Å². The highest BCUT2D eigenvalue weighted by molar-refractivity contribution is 5.92. The van der Waals surface area contributed by atoms with Crippen molar-refractivity contribution < 1.29 is 32.6 Å². The topological polar surface area (TPSA) is 73.9 Å². The Morgan fingerprint density at radius 2 is 1.96 bits per heavy atom. The van der Waals surface area contributed by atoms with Crippen LogP contribution in [-0.2, 0) is 9.53 Å². The van der Waals surface area contributed by atoms with E-state index in [0.717, 1.165) is 25.7 Å². The van der Waals surface area contributed by atoms with Crippen molar-refractivity contribution in [2.45, 2.75) is 45.3 Å². The first-order valence-electron chi connectivity index (χ1n) is 8.50. The van der Waals surface area contributed by atoms with Gasteiger partial charge in [0.05, 0.1) is 12.7 Å². The van der Waals surface area contributed by atoms with E-state index in [1.807, 2.05) is 0 Å². The number of amides is 1. The standard InChI is InChI=1S/C18H23F2NO5/c1-11-5-3-4-6-13(11)21-16(22)10-25-17(23)12-7-8-14(26-18(19)20)15(9-12)24-2/h7-9,11,13,18H,3-6,10H2,1-2H3,(H,21,22)/t11-,13+/m1/s1. The smallest absolute Gasteiger partial charge is 0.387 e. The minimum Gasteiger partial charge on any atom is -0.493 e. The lowest BCUT2D eigenvalue weighted by atomic mass is 9.86. The summed E-state index contributed by atoms with van der Waals surface area (Å²) in [4.78, 5) is 24.0. The number of carbonyl (C=O) groups is 2. The molecule has 6 nitrogen and oxygen atoms in total. The van der Waals surface area contributed by atoms with Crippen LogP contribution in [0, 0.1) is 5.92 Å². The normalized spacial score (nSPS) is 19.7. The van der Waals surface area contributed by atoms with Gasteiger partial charge in [-0.2, -0.15) is 8.78 Å². The molecule has 1 saturated carbocycles. The highest BCUT2D eigenvalue weighted by Crippen LogP contribution is 2.29. The summed E-state index contributed by atoms with van der Waals surface area (Å²) in [5, 5.41) is 2.88. The second kappa shape index (κ2) is 9.35. The molecule has 0 aliphatic heterocycles. The number of rotatable bonds is 7. The number of ether oxygens (including phenoxy) is 3. The third kappa shape index (κ3) is 5.57. The molecule has 1 aromatic carbocycles. The Morgan fingerprint density at radius 1 is 1.23 bits per heavy atom. The van der Waals surface area contributed by atoms with E-state index in [0.29, 0.717) is 5.92 Å². The van der Waals surface area contributed by atoms with Crippen LogP contribution in [0.3, 0.4) is 0 Å². The maximum atomic E-state index is 12.3. The summed E-state index contributed by atoms with van der Waals surface area (Å²) < 4.78 is 38.8. The van der Waals surface area contributed by atoms with Crippen LogP contribution in [0.5, 0.6) is 11.5 Å². The molecule has 1 aliphatic carbocycles. The van der Waals surface area contributed by atoms with Gasteiger partial charge in [0, 0.05) is 6.04 Å². The first-order valence-corrected chi connectivity index (χ1v) is 8.50. The molecule has 0 unspecified atom stereocenters. The largest absolute Gasteiger partial charge is 0.493 e. The van der Waals surface area contributed by atoms with Crippen molar-refractivity contribution >= 4 is 11.9 Å². The van der Waals surface area contributed by atoms with E-state index in [2.05, 4.69) is 17.0 Å². The summed E-state index contributed by atoms with van der Waals surface area (Å²) in [6.07, 6.45) is 4.22. The molecule has 0 saturated heterocycles. The molecule has 1 fully saturated rings. The molecule has 0 bridgehead atoms.